The Balaban J connectivity index is 1.47. The smallest absolute Gasteiger partial charge is 0.312 e. The van der Waals surface area contributed by atoms with Gasteiger partial charge in [0.05, 0.1) is 34.0 Å². The van der Waals surface area contributed by atoms with Gasteiger partial charge in [0.2, 0.25) is 0 Å². The van der Waals surface area contributed by atoms with Gasteiger partial charge in [0.1, 0.15) is 5.69 Å². The number of hydrogen-bond acceptors (Lipinski definition) is 3. The molecule has 6 heteroatoms. The van der Waals surface area contributed by atoms with E-state index in [2.05, 4.69) is 31.6 Å². The lowest BCUT2D eigenvalue weighted by Crippen LogP contribution is -2.60. The molecule has 3 saturated carbocycles. The Kier molecular flexibility index (Phi) is 5.28. The third-order valence-electron chi connectivity index (χ3n) is 10.8. The summed E-state index contributed by atoms with van der Waals surface area (Å²) in [5.74, 6) is 0.914. The molecule has 2 bridgehead atoms. The lowest BCUT2D eigenvalue weighted by molar-refractivity contribution is -0.180. The third-order valence-corrected chi connectivity index (χ3v) is 11.4. The van der Waals surface area contributed by atoms with E-state index in [9.17, 15) is 4.79 Å². The van der Waals surface area contributed by atoms with E-state index in [-0.39, 0.29) is 27.6 Å². The van der Waals surface area contributed by atoms with Crippen molar-refractivity contribution < 1.29 is 9.53 Å². The van der Waals surface area contributed by atoms with E-state index in [1.165, 1.54) is 24.1 Å². The monoisotopic (exact) mass is 514 g/mol. The van der Waals surface area contributed by atoms with Crippen molar-refractivity contribution in [1.29, 1.82) is 0 Å². The number of hydrogen-bond donors (Lipinski definition) is 0. The van der Waals surface area contributed by atoms with E-state index >= 15 is 0 Å². The molecule has 3 fully saturated rings. The van der Waals surface area contributed by atoms with Gasteiger partial charge in [-0.2, -0.15) is 5.10 Å². The zero-order valence-corrected chi connectivity index (χ0v) is 22.8. The van der Waals surface area contributed by atoms with Crippen LogP contribution in [0.2, 0.25) is 10.0 Å². The summed E-state index contributed by atoms with van der Waals surface area (Å²) in [5.41, 5.74) is 3.39. The Morgan fingerprint density at radius 3 is 2.51 bits per heavy atom. The molecule has 4 aliphatic rings. The van der Waals surface area contributed by atoms with Gasteiger partial charge in [-0.05, 0) is 88.2 Å². The van der Waals surface area contributed by atoms with Gasteiger partial charge in [0.25, 0.3) is 0 Å². The number of ether oxygens (including phenoxy) is 1. The molecule has 6 atom stereocenters. The summed E-state index contributed by atoms with van der Waals surface area (Å²) in [4.78, 5) is 13.2. The van der Waals surface area contributed by atoms with Crippen molar-refractivity contribution in [3.05, 3.63) is 45.7 Å². The highest BCUT2D eigenvalue weighted by Gasteiger charge is 2.68. The molecule has 0 N–H and O–H groups in total. The standard InChI is InChI=1S/C29H36Cl2N2O2/c1-5-35-25(34)28(4)13-7-12-27(3)21(28)11-15-29-17-26(2,14-10-22(27)29)24-18(29)16-32-33(24)23-19(30)8-6-9-20(23)31/h6,8-9,16,21-22H,5,7,10-15,17H2,1-4H3/t21-,22-,26-,27+,28+,29+/m0/s1. The van der Waals surface area contributed by atoms with Crippen LogP contribution in [-0.2, 0) is 20.4 Å². The molecular weight excluding hydrogens is 479 g/mol. The summed E-state index contributed by atoms with van der Waals surface area (Å²) in [6.07, 6.45) is 11.0. The van der Waals surface area contributed by atoms with Crippen LogP contribution in [0.15, 0.2) is 24.4 Å². The maximum atomic E-state index is 13.2. The number of fused-ring (bicyclic) bond motifs is 5. The highest BCUT2D eigenvalue weighted by Crippen LogP contribution is 2.73. The first kappa shape index (κ1) is 23.9. The first-order chi connectivity index (χ1) is 16.6. The second kappa shape index (κ2) is 7.74. The van der Waals surface area contributed by atoms with Crippen molar-refractivity contribution in [3.8, 4) is 5.69 Å². The van der Waals surface area contributed by atoms with Crippen LogP contribution in [0.25, 0.3) is 5.69 Å². The van der Waals surface area contributed by atoms with E-state index < -0.39 is 0 Å². The van der Waals surface area contributed by atoms with Gasteiger partial charge in [-0.25, -0.2) is 4.68 Å². The molecule has 1 spiro atoms. The minimum Gasteiger partial charge on any atom is -0.466 e. The minimum atomic E-state index is -0.387. The second-order valence-corrected chi connectivity index (χ2v) is 13.3. The Bertz CT molecular complexity index is 1190. The number of rotatable bonds is 3. The number of carbonyl (C=O) groups is 1. The largest absolute Gasteiger partial charge is 0.466 e. The first-order valence-corrected chi connectivity index (χ1v) is 14.1. The highest BCUT2D eigenvalue weighted by molar-refractivity contribution is 6.37. The molecule has 0 aliphatic heterocycles. The van der Waals surface area contributed by atoms with Gasteiger partial charge < -0.3 is 4.74 Å². The summed E-state index contributed by atoms with van der Waals surface area (Å²) in [6.45, 7) is 9.48. The molecule has 188 valence electrons. The summed E-state index contributed by atoms with van der Waals surface area (Å²) in [5, 5.41) is 6.19. The van der Waals surface area contributed by atoms with E-state index in [0.29, 0.717) is 28.5 Å². The van der Waals surface area contributed by atoms with Gasteiger partial charge in [-0.15, -0.1) is 0 Å². The molecule has 0 amide bonds. The van der Waals surface area contributed by atoms with Crippen molar-refractivity contribution in [2.24, 2.45) is 22.7 Å². The first-order valence-electron chi connectivity index (χ1n) is 13.3. The van der Waals surface area contributed by atoms with E-state index in [0.717, 1.165) is 44.2 Å². The van der Waals surface area contributed by atoms with Gasteiger partial charge in [0.15, 0.2) is 0 Å². The topological polar surface area (TPSA) is 44.1 Å². The second-order valence-electron chi connectivity index (χ2n) is 12.5. The van der Waals surface area contributed by atoms with Crippen molar-refractivity contribution >= 4 is 29.2 Å². The number of aromatic nitrogens is 2. The Morgan fingerprint density at radius 2 is 1.80 bits per heavy atom. The molecule has 1 aromatic heterocycles. The number of esters is 1. The van der Waals surface area contributed by atoms with Crippen LogP contribution in [0, 0.1) is 22.7 Å². The summed E-state index contributed by atoms with van der Waals surface area (Å²) < 4.78 is 7.69. The maximum absolute atomic E-state index is 13.2. The fourth-order valence-electron chi connectivity index (χ4n) is 9.57. The van der Waals surface area contributed by atoms with Crippen LogP contribution < -0.4 is 0 Å². The number of nitrogens with zero attached hydrogens (tertiary/aromatic N) is 2. The minimum absolute atomic E-state index is 0.0146. The van der Waals surface area contributed by atoms with Crippen molar-refractivity contribution in [2.75, 3.05) is 6.61 Å². The average Bonchev–Trinajstić information content (AvgIpc) is 3.31. The van der Waals surface area contributed by atoms with Crippen molar-refractivity contribution in [3.63, 3.8) is 0 Å². The van der Waals surface area contributed by atoms with Gasteiger partial charge >= 0.3 is 5.97 Å². The van der Waals surface area contributed by atoms with Gasteiger partial charge in [0, 0.05) is 16.4 Å². The fourth-order valence-corrected chi connectivity index (χ4v) is 10.1. The Hall–Kier alpha value is -1.52. The Labute approximate surface area is 218 Å². The Morgan fingerprint density at radius 1 is 1.09 bits per heavy atom. The number of benzene rings is 1. The predicted molar refractivity (Wildman–Crippen MR) is 139 cm³/mol. The molecule has 1 aromatic carbocycles. The zero-order valence-electron chi connectivity index (χ0n) is 21.3. The van der Waals surface area contributed by atoms with Crippen LogP contribution in [0.3, 0.4) is 0 Å². The van der Waals surface area contributed by atoms with Crippen molar-refractivity contribution in [2.45, 2.75) is 89.9 Å². The number of carbonyl (C=O) groups excluding carboxylic acids is 1. The van der Waals surface area contributed by atoms with E-state index in [4.69, 9.17) is 33.0 Å². The molecule has 4 nitrogen and oxygen atoms in total. The van der Waals surface area contributed by atoms with Gasteiger partial charge in [-0.1, -0.05) is 49.5 Å². The lowest BCUT2D eigenvalue weighted by atomic mass is 9.40. The predicted octanol–water partition coefficient (Wildman–Crippen LogP) is 7.66. The summed E-state index contributed by atoms with van der Waals surface area (Å²) >= 11 is 13.3. The van der Waals surface area contributed by atoms with E-state index in [1.54, 1.807) is 0 Å². The SMILES string of the molecule is CCOC(=O)[C@]1(C)CCC[C@@]2(C)[C@@H]3CC[C@@]4(C)C[C@]3(CC[C@@H]21)c1cnn(-c2c(Cl)cccc2Cl)c14. The molecule has 0 unspecified atom stereocenters. The molecule has 0 saturated heterocycles. The number of halogens is 2. The maximum Gasteiger partial charge on any atom is 0.312 e. The summed E-state index contributed by atoms with van der Waals surface area (Å²) in [6, 6.07) is 5.68. The fraction of sp³-hybridized carbons (Fsp3) is 0.655. The molecular formula is C29H36Cl2N2O2. The molecule has 0 radical (unpaired) electrons. The molecule has 2 aromatic rings. The van der Waals surface area contributed by atoms with Crippen LogP contribution in [0.4, 0.5) is 0 Å². The van der Waals surface area contributed by atoms with Crippen LogP contribution in [0.1, 0.15) is 90.3 Å². The van der Waals surface area contributed by atoms with Gasteiger partial charge in [-0.3, -0.25) is 4.79 Å². The highest BCUT2D eigenvalue weighted by atomic mass is 35.5. The quantitative estimate of drug-likeness (QED) is 0.394. The zero-order chi connectivity index (χ0) is 24.8. The molecule has 6 rings (SSSR count). The van der Waals surface area contributed by atoms with Crippen LogP contribution in [-0.4, -0.2) is 22.4 Å². The molecule has 35 heavy (non-hydrogen) atoms. The average molecular weight is 516 g/mol. The third kappa shape index (κ3) is 2.99. The normalized spacial score (nSPS) is 39.5. The number of para-hydroxylation sites is 1. The molecule has 4 aliphatic carbocycles. The van der Waals surface area contributed by atoms with Crippen LogP contribution >= 0.6 is 23.2 Å². The summed E-state index contributed by atoms with van der Waals surface area (Å²) in [7, 11) is 0. The van der Waals surface area contributed by atoms with Crippen molar-refractivity contribution in [1.82, 2.24) is 9.78 Å². The van der Waals surface area contributed by atoms with E-state index in [1.807, 2.05) is 25.1 Å². The lowest BCUT2D eigenvalue weighted by Gasteiger charge is -2.64. The van der Waals surface area contributed by atoms with Crippen LogP contribution in [0.5, 0.6) is 0 Å². The molecule has 1 heterocycles.